The van der Waals surface area contributed by atoms with Gasteiger partial charge in [-0.1, -0.05) is 23.7 Å². The van der Waals surface area contributed by atoms with Gasteiger partial charge in [0, 0.05) is 37.1 Å². The molecule has 2 aromatic rings. The van der Waals surface area contributed by atoms with Crippen LogP contribution in [0.25, 0.3) is 0 Å². The van der Waals surface area contributed by atoms with Gasteiger partial charge in [-0.05, 0) is 44.4 Å². The molecule has 4 rings (SSSR count). The Morgan fingerprint density at radius 3 is 2.74 bits per heavy atom. The van der Waals surface area contributed by atoms with Crippen LogP contribution in [0.3, 0.4) is 0 Å². The van der Waals surface area contributed by atoms with E-state index in [1.807, 2.05) is 43.0 Å². The van der Waals surface area contributed by atoms with Gasteiger partial charge in [0.05, 0.1) is 12.0 Å². The Hall–Kier alpha value is -1.92. The van der Waals surface area contributed by atoms with Gasteiger partial charge in [-0.15, -0.1) is 10.2 Å². The number of nitrogens with zero attached hydrogens (tertiary/aromatic N) is 4. The Morgan fingerprint density at radius 1 is 1.22 bits per heavy atom. The smallest absolute Gasteiger partial charge is 0.232 e. The predicted octanol–water partition coefficient (Wildman–Crippen LogP) is 2.72. The molecule has 2 aliphatic rings. The van der Waals surface area contributed by atoms with E-state index >= 15 is 0 Å². The van der Waals surface area contributed by atoms with Crippen molar-refractivity contribution in [3.8, 4) is 0 Å². The number of carbonyl (C=O) groups is 1. The molecule has 144 valence electrons. The second kappa shape index (κ2) is 7.24. The number of carbonyl (C=O) groups excluding carboxylic acids is 1. The number of nitrogens with one attached hydrogen (secondary N) is 1. The van der Waals surface area contributed by atoms with Gasteiger partial charge >= 0.3 is 0 Å². The fraction of sp³-hybridized carbons (Fsp3) is 0.550. The lowest BCUT2D eigenvalue weighted by Gasteiger charge is -2.37. The topological polar surface area (TPSA) is 63.1 Å². The van der Waals surface area contributed by atoms with E-state index in [1.165, 1.54) is 0 Å². The van der Waals surface area contributed by atoms with Crippen LogP contribution in [-0.2, 0) is 23.3 Å². The van der Waals surface area contributed by atoms with E-state index in [1.54, 1.807) is 0 Å². The second-order valence-corrected chi connectivity index (χ2v) is 8.44. The van der Waals surface area contributed by atoms with Crippen LogP contribution in [0.4, 0.5) is 0 Å². The molecule has 1 aromatic heterocycles. The molecule has 3 heterocycles. The molecule has 0 atom stereocenters. The molecule has 0 spiro atoms. The number of amides is 1. The summed E-state index contributed by atoms with van der Waals surface area (Å²) in [6.45, 7) is 8.16. The van der Waals surface area contributed by atoms with Crippen molar-refractivity contribution >= 4 is 17.5 Å². The summed E-state index contributed by atoms with van der Waals surface area (Å²) in [7, 11) is 0. The van der Waals surface area contributed by atoms with Gasteiger partial charge in [0.2, 0.25) is 5.91 Å². The van der Waals surface area contributed by atoms with Crippen LogP contribution in [0, 0.1) is 0 Å². The fourth-order valence-corrected chi connectivity index (χ4v) is 4.34. The average molecular weight is 388 g/mol. The molecule has 1 aromatic carbocycles. The van der Waals surface area contributed by atoms with Crippen LogP contribution in [0.2, 0.25) is 5.02 Å². The van der Waals surface area contributed by atoms with Crippen LogP contribution >= 0.6 is 11.6 Å². The van der Waals surface area contributed by atoms with Crippen molar-refractivity contribution in [1.29, 1.82) is 0 Å². The minimum absolute atomic E-state index is 0.163. The molecule has 0 radical (unpaired) electrons. The summed E-state index contributed by atoms with van der Waals surface area (Å²) >= 11 is 6.13. The SMILES string of the molecule is CC(C)(C(=O)N1CCC(c2nnc3n2CCNC3)CC1)c1cccc(Cl)c1. The van der Waals surface area contributed by atoms with E-state index in [2.05, 4.69) is 20.1 Å². The highest BCUT2D eigenvalue weighted by Crippen LogP contribution is 2.32. The van der Waals surface area contributed by atoms with Gasteiger partial charge < -0.3 is 14.8 Å². The summed E-state index contributed by atoms with van der Waals surface area (Å²) in [5, 5.41) is 12.8. The van der Waals surface area contributed by atoms with E-state index < -0.39 is 5.41 Å². The van der Waals surface area contributed by atoms with Crippen LogP contribution in [0.1, 0.15) is 49.8 Å². The zero-order valence-corrected chi connectivity index (χ0v) is 16.7. The summed E-state index contributed by atoms with van der Waals surface area (Å²) in [5.74, 6) is 2.66. The summed E-state index contributed by atoms with van der Waals surface area (Å²) in [5.41, 5.74) is 0.374. The lowest BCUT2D eigenvalue weighted by atomic mass is 9.82. The highest BCUT2D eigenvalue weighted by Gasteiger charge is 2.36. The fourth-order valence-electron chi connectivity index (χ4n) is 4.15. The highest BCUT2D eigenvalue weighted by atomic mass is 35.5. The third kappa shape index (κ3) is 3.48. The molecule has 0 saturated carbocycles. The highest BCUT2D eigenvalue weighted by molar-refractivity contribution is 6.30. The van der Waals surface area contributed by atoms with Crippen LogP contribution in [-0.4, -0.2) is 45.2 Å². The van der Waals surface area contributed by atoms with Crippen molar-refractivity contribution in [1.82, 2.24) is 25.0 Å². The normalized spacial score (nSPS) is 18.4. The molecule has 1 saturated heterocycles. The molecule has 6 nitrogen and oxygen atoms in total. The molecule has 0 unspecified atom stereocenters. The van der Waals surface area contributed by atoms with Gasteiger partial charge in [-0.3, -0.25) is 4.79 Å². The van der Waals surface area contributed by atoms with Gasteiger partial charge in [0.15, 0.2) is 0 Å². The Labute approximate surface area is 164 Å². The van der Waals surface area contributed by atoms with Gasteiger partial charge in [-0.2, -0.15) is 0 Å². The molecule has 1 amide bonds. The standard InChI is InChI=1S/C20H26ClN5O/c1-20(2,15-4-3-5-16(21)12-15)19(27)25-9-6-14(7-10-25)18-24-23-17-13-22-8-11-26(17)18/h3-5,12,14,22H,6-11,13H2,1-2H3. The first-order valence-electron chi connectivity index (χ1n) is 9.65. The Bertz CT molecular complexity index is 839. The molecule has 27 heavy (non-hydrogen) atoms. The zero-order chi connectivity index (χ0) is 19.0. The van der Waals surface area contributed by atoms with E-state index in [0.29, 0.717) is 10.9 Å². The van der Waals surface area contributed by atoms with Crippen molar-refractivity contribution in [2.45, 2.75) is 51.1 Å². The minimum atomic E-state index is -0.586. The molecule has 1 fully saturated rings. The maximum absolute atomic E-state index is 13.2. The number of rotatable bonds is 3. The molecular formula is C20H26ClN5O. The third-order valence-corrected chi connectivity index (χ3v) is 6.11. The number of aromatic nitrogens is 3. The van der Waals surface area contributed by atoms with Crippen molar-refractivity contribution in [2.75, 3.05) is 19.6 Å². The molecule has 2 aliphatic heterocycles. The number of likely N-dealkylation sites (tertiary alicyclic amines) is 1. The van der Waals surface area contributed by atoms with E-state index in [0.717, 1.165) is 62.8 Å². The first-order chi connectivity index (χ1) is 13.0. The van der Waals surface area contributed by atoms with Crippen molar-refractivity contribution in [2.24, 2.45) is 0 Å². The van der Waals surface area contributed by atoms with Crippen molar-refractivity contribution < 1.29 is 4.79 Å². The van der Waals surface area contributed by atoms with E-state index in [-0.39, 0.29) is 5.91 Å². The van der Waals surface area contributed by atoms with Gasteiger partial charge in [0.1, 0.15) is 11.6 Å². The molecule has 1 N–H and O–H groups in total. The van der Waals surface area contributed by atoms with E-state index in [9.17, 15) is 4.79 Å². The predicted molar refractivity (Wildman–Crippen MR) is 105 cm³/mol. The first-order valence-corrected chi connectivity index (χ1v) is 10.0. The Morgan fingerprint density at radius 2 is 2.00 bits per heavy atom. The third-order valence-electron chi connectivity index (χ3n) is 5.88. The molecule has 0 aliphatic carbocycles. The van der Waals surface area contributed by atoms with Gasteiger partial charge in [-0.25, -0.2) is 0 Å². The summed E-state index contributed by atoms with van der Waals surface area (Å²) in [6.07, 6.45) is 1.87. The quantitative estimate of drug-likeness (QED) is 0.879. The summed E-state index contributed by atoms with van der Waals surface area (Å²) in [6, 6.07) is 7.61. The first kappa shape index (κ1) is 18.4. The number of hydrogen-bond donors (Lipinski definition) is 1. The second-order valence-electron chi connectivity index (χ2n) is 8.00. The zero-order valence-electron chi connectivity index (χ0n) is 15.9. The lowest BCUT2D eigenvalue weighted by Crippen LogP contribution is -2.47. The van der Waals surface area contributed by atoms with Gasteiger partial charge in [0.25, 0.3) is 0 Å². The maximum Gasteiger partial charge on any atom is 0.232 e. The number of fused-ring (bicyclic) bond motifs is 1. The Balaban J connectivity index is 1.44. The van der Waals surface area contributed by atoms with Crippen LogP contribution < -0.4 is 5.32 Å². The number of hydrogen-bond acceptors (Lipinski definition) is 4. The molecular weight excluding hydrogens is 362 g/mol. The Kier molecular flexibility index (Phi) is 4.95. The van der Waals surface area contributed by atoms with Crippen molar-refractivity contribution in [3.05, 3.63) is 46.5 Å². The lowest BCUT2D eigenvalue weighted by molar-refractivity contribution is -0.137. The minimum Gasteiger partial charge on any atom is -0.342 e. The molecule has 7 heteroatoms. The summed E-state index contributed by atoms with van der Waals surface area (Å²) < 4.78 is 2.26. The number of benzene rings is 1. The average Bonchev–Trinajstić information content (AvgIpc) is 3.12. The van der Waals surface area contributed by atoms with E-state index in [4.69, 9.17) is 11.6 Å². The maximum atomic E-state index is 13.2. The number of halogens is 1. The summed E-state index contributed by atoms with van der Waals surface area (Å²) in [4.78, 5) is 15.2. The van der Waals surface area contributed by atoms with Crippen molar-refractivity contribution in [3.63, 3.8) is 0 Å². The number of piperidine rings is 1. The molecule has 0 bridgehead atoms. The largest absolute Gasteiger partial charge is 0.342 e. The van der Waals surface area contributed by atoms with Crippen LogP contribution in [0.5, 0.6) is 0 Å². The monoisotopic (exact) mass is 387 g/mol. The van der Waals surface area contributed by atoms with Crippen LogP contribution in [0.15, 0.2) is 24.3 Å².